The normalized spacial score (nSPS) is 12.9. The van der Waals surface area contributed by atoms with Gasteiger partial charge in [0.2, 0.25) is 0 Å². The van der Waals surface area contributed by atoms with Crippen molar-refractivity contribution in [2.45, 2.75) is 12.8 Å². The topological polar surface area (TPSA) is 32.8 Å². The van der Waals surface area contributed by atoms with Crippen LogP contribution in [0.4, 0.5) is 28.4 Å². The largest absolute Gasteiger partial charge is 0.454 e. The predicted octanol–water partition coefficient (Wildman–Crippen LogP) is 20.9. The fourth-order valence-corrected chi connectivity index (χ4v) is 12.7. The molecule has 0 saturated heterocycles. The van der Waals surface area contributed by atoms with Crippen molar-refractivity contribution in [2.75, 3.05) is 9.80 Å². The first-order valence-corrected chi connectivity index (χ1v) is 26.3. The van der Waals surface area contributed by atoms with Gasteiger partial charge in [-0.15, -0.1) is 0 Å². The molecular formula is C72H46N2O2. The summed E-state index contributed by atoms with van der Waals surface area (Å²) in [5, 5.41) is 16.3. The van der Waals surface area contributed by atoms with Gasteiger partial charge in [-0.25, -0.2) is 0 Å². The highest BCUT2D eigenvalue weighted by molar-refractivity contribution is 6.33. The molecule has 2 heterocycles. The van der Waals surface area contributed by atoms with Crippen molar-refractivity contribution in [2.24, 2.45) is 0 Å². The van der Waals surface area contributed by atoms with Crippen molar-refractivity contribution in [1.29, 1.82) is 0 Å². The zero-order chi connectivity index (χ0) is 49.8. The standard InChI is InChI=1S/C72H46N2O2/c1-3-23-47(24-4-1)73(63-35-17-33-57-53-29-11-13-37-67(53)75-71(57)63)65-43-61(51-31-15-21-45-19-7-9-27-49(45)51)55-40-42-60-66(44-62(56-39-41-59(65)69(55)70(56)60)52-32-16-22-46-20-8-10-28-50(46)52)74(48-25-5-2-6-26-48)64-36-18-34-58-54-30-12-14-38-68(54)76-72(58)64/h1-5,7-25,27-44H,6,26H2. The van der Waals surface area contributed by atoms with Crippen LogP contribution in [0.3, 0.4) is 0 Å². The quantitative estimate of drug-likeness (QED) is 0.142. The lowest BCUT2D eigenvalue weighted by atomic mass is 9.84. The molecule has 16 rings (SSSR count). The summed E-state index contributed by atoms with van der Waals surface area (Å²) in [5.74, 6) is 0. The third-order valence-corrected chi connectivity index (χ3v) is 16.0. The van der Waals surface area contributed by atoms with Crippen LogP contribution in [0.2, 0.25) is 0 Å². The third-order valence-electron chi connectivity index (χ3n) is 16.0. The van der Waals surface area contributed by atoms with Crippen LogP contribution in [-0.4, -0.2) is 0 Å². The second-order valence-corrected chi connectivity index (χ2v) is 20.1. The zero-order valence-corrected chi connectivity index (χ0v) is 41.4. The molecule has 0 amide bonds. The zero-order valence-electron chi connectivity index (χ0n) is 41.4. The van der Waals surface area contributed by atoms with Gasteiger partial charge in [-0.05, 0) is 122 Å². The molecular weight excluding hydrogens is 925 g/mol. The van der Waals surface area contributed by atoms with Gasteiger partial charge in [-0.1, -0.05) is 200 Å². The molecule has 0 unspecified atom stereocenters. The van der Waals surface area contributed by atoms with Gasteiger partial charge in [0.15, 0.2) is 11.2 Å². The van der Waals surface area contributed by atoms with E-state index in [0.29, 0.717) is 0 Å². The van der Waals surface area contributed by atoms with Crippen LogP contribution in [-0.2, 0) is 0 Å². The molecule has 76 heavy (non-hydrogen) atoms. The first kappa shape index (κ1) is 42.6. The number of furan rings is 2. The van der Waals surface area contributed by atoms with E-state index in [4.69, 9.17) is 8.83 Å². The minimum atomic E-state index is 0.843. The van der Waals surface area contributed by atoms with E-state index in [1.54, 1.807) is 0 Å². The molecule has 0 aliphatic heterocycles. The van der Waals surface area contributed by atoms with Crippen LogP contribution in [0.15, 0.2) is 269 Å². The molecule has 2 aromatic heterocycles. The number of allylic oxidation sites excluding steroid dienone is 4. The number of rotatable bonds is 8. The van der Waals surface area contributed by atoms with E-state index in [-0.39, 0.29) is 0 Å². The SMILES string of the molecule is C1=CCCC(N(c2cc(-c3cccc4ccccc34)c3ccc4c(N(c5ccccc5)c5cccc6c5oc5ccccc56)cc(-c5cccc6ccccc56)c5ccc2c3c54)c2cccc3c2oc2ccccc23)=C1. The highest BCUT2D eigenvalue weighted by Gasteiger charge is 2.29. The average Bonchev–Trinajstić information content (AvgIpc) is 4.21. The van der Waals surface area contributed by atoms with E-state index < -0.39 is 0 Å². The van der Waals surface area contributed by atoms with Crippen molar-refractivity contribution >= 4 is 126 Å². The second kappa shape index (κ2) is 16.8. The number of benzene rings is 13. The van der Waals surface area contributed by atoms with E-state index >= 15 is 0 Å². The molecule has 1 aliphatic carbocycles. The molecule has 0 saturated carbocycles. The molecule has 4 heteroatoms. The number of fused-ring (bicyclic) bond motifs is 8. The maximum absolute atomic E-state index is 6.95. The summed E-state index contributed by atoms with van der Waals surface area (Å²) in [6.45, 7) is 0. The molecule has 0 spiro atoms. The average molecular weight is 971 g/mol. The summed E-state index contributed by atoms with van der Waals surface area (Å²) in [5.41, 5.74) is 14.5. The molecule has 0 radical (unpaired) electrons. The summed E-state index contributed by atoms with van der Waals surface area (Å²) < 4.78 is 13.9. The molecule has 15 aromatic rings. The van der Waals surface area contributed by atoms with Crippen molar-refractivity contribution in [3.63, 3.8) is 0 Å². The van der Waals surface area contributed by atoms with E-state index in [1.165, 1.54) is 65.5 Å². The highest BCUT2D eigenvalue weighted by Crippen LogP contribution is 2.54. The molecule has 13 aromatic carbocycles. The monoisotopic (exact) mass is 970 g/mol. The van der Waals surface area contributed by atoms with Gasteiger partial charge >= 0.3 is 0 Å². The van der Waals surface area contributed by atoms with Crippen LogP contribution in [0, 0.1) is 0 Å². The first-order valence-electron chi connectivity index (χ1n) is 26.3. The lowest BCUT2D eigenvalue weighted by Gasteiger charge is -2.32. The van der Waals surface area contributed by atoms with Gasteiger partial charge in [0, 0.05) is 54.5 Å². The molecule has 0 N–H and O–H groups in total. The van der Waals surface area contributed by atoms with E-state index in [1.807, 2.05) is 0 Å². The van der Waals surface area contributed by atoms with Gasteiger partial charge < -0.3 is 18.6 Å². The summed E-state index contributed by atoms with van der Waals surface area (Å²) in [7, 11) is 0. The summed E-state index contributed by atoms with van der Waals surface area (Å²) in [6.07, 6.45) is 8.60. The highest BCUT2D eigenvalue weighted by atomic mass is 16.3. The molecule has 0 bridgehead atoms. The summed E-state index contributed by atoms with van der Waals surface area (Å²) >= 11 is 0. The van der Waals surface area contributed by atoms with Gasteiger partial charge in [0.05, 0.1) is 22.7 Å². The Balaban J connectivity index is 1.09. The molecule has 1 aliphatic rings. The van der Waals surface area contributed by atoms with E-state index in [0.717, 1.165) is 101 Å². The summed E-state index contributed by atoms with van der Waals surface area (Å²) in [6, 6.07) is 86.4. The smallest absolute Gasteiger partial charge is 0.159 e. The van der Waals surface area contributed by atoms with Crippen LogP contribution in [0.25, 0.3) is 120 Å². The minimum Gasteiger partial charge on any atom is -0.454 e. The Morgan fingerprint density at radius 2 is 0.763 bits per heavy atom. The molecule has 356 valence electrons. The van der Waals surface area contributed by atoms with E-state index in [9.17, 15) is 0 Å². The fourth-order valence-electron chi connectivity index (χ4n) is 12.7. The molecule has 0 fully saturated rings. The predicted molar refractivity (Wildman–Crippen MR) is 320 cm³/mol. The summed E-state index contributed by atoms with van der Waals surface area (Å²) in [4.78, 5) is 4.95. The van der Waals surface area contributed by atoms with Crippen LogP contribution in [0.5, 0.6) is 0 Å². The van der Waals surface area contributed by atoms with Crippen LogP contribution in [0.1, 0.15) is 12.8 Å². The number of nitrogens with zero attached hydrogens (tertiary/aromatic N) is 2. The van der Waals surface area contributed by atoms with Gasteiger partial charge in [0.25, 0.3) is 0 Å². The number of hydrogen-bond acceptors (Lipinski definition) is 4. The Hall–Kier alpha value is -9.90. The van der Waals surface area contributed by atoms with Crippen molar-refractivity contribution in [3.05, 3.63) is 261 Å². The van der Waals surface area contributed by atoms with Gasteiger partial charge in [-0.2, -0.15) is 0 Å². The van der Waals surface area contributed by atoms with Crippen LogP contribution < -0.4 is 9.80 Å². The molecule has 0 atom stereocenters. The number of anilines is 5. The Kier molecular flexibility index (Phi) is 9.43. The van der Waals surface area contributed by atoms with E-state index in [2.05, 4.69) is 265 Å². The molecule has 4 nitrogen and oxygen atoms in total. The maximum atomic E-state index is 6.95. The Morgan fingerprint density at radius 1 is 0.316 bits per heavy atom. The second-order valence-electron chi connectivity index (χ2n) is 20.1. The van der Waals surface area contributed by atoms with Crippen LogP contribution >= 0.6 is 0 Å². The lowest BCUT2D eigenvalue weighted by molar-refractivity contribution is 0.668. The fraction of sp³-hybridized carbons (Fsp3) is 0.0278. The number of para-hydroxylation sites is 5. The Morgan fingerprint density at radius 3 is 1.32 bits per heavy atom. The third kappa shape index (κ3) is 6.37. The van der Waals surface area contributed by atoms with Gasteiger partial charge in [-0.3, -0.25) is 0 Å². The lowest BCUT2D eigenvalue weighted by Crippen LogP contribution is -2.18. The van der Waals surface area contributed by atoms with Crippen molar-refractivity contribution in [1.82, 2.24) is 0 Å². The minimum absolute atomic E-state index is 0.843. The van der Waals surface area contributed by atoms with Gasteiger partial charge in [0.1, 0.15) is 11.2 Å². The Labute approximate surface area is 438 Å². The van der Waals surface area contributed by atoms with Crippen molar-refractivity contribution < 1.29 is 8.83 Å². The maximum Gasteiger partial charge on any atom is 0.159 e. The Bertz CT molecular complexity index is 4890. The van der Waals surface area contributed by atoms with Crippen molar-refractivity contribution in [3.8, 4) is 22.3 Å². The number of hydrogen-bond donors (Lipinski definition) is 0. The first-order chi connectivity index (χ1) is 37.7.